The number of halogens is 1. The van der Waals surface area contributed by atoms with Crippen LogP contribution in [0.2, 0.25) is 0 Å². The van der Waals surface area contributed by atoms with Crippen LogP contribution in [0.5, 0.6) is 17.2 Å². The lowest BCUT2D eigenvalue weighted by atomic mass is 9.99. The number of likely N-dealkylation sites (N-methyl/N-ethyl adjacent to an activating group) is 1. The van der Waals surface area contributed by atoms with Crippen molar-refractivity contribution in [2.24, 2.45) is 5.92 Å². The predicted molar refractivity (Wildman–Crippen MR) is 154 cm³/mol. The van der Waals surface area contributed by atoms with Crippen molar-refractivity contribution in [2.45, 2.75) is 37.4 Å². The number of benzene rings is 3. The Bertz CT molecular complexity index is 1550. The molecular formula is C30H34FN3O7S. The molecule has 0 bridgehead atoms. The Hall–Kier alpha value is -3.87. The van der Waals surface area contributed by atoms with Gasteiger partial charge in [0.25, 0.3) is 15.9 Å². The third-order valence-electron chi connectivity index (χ3n) is 7.42. The van der Waals surface area contributed by atoms with Gasteiger partial charge in [-0.05, 0) is 74.1 Å². The standard InChI is InChI=1S/C30H34FN3O7S/c1-19-14-34(20(2)17-35)30(36)25-13-23(32-42(37,38)24-8-5-22(31)6-9-24)7-11-26(25)41-29(19)16-33(3)15-21-4-10-27-28(12-21)40-18-39-27/h4-13,19-20,29,32,35H,14-18H2,1-3H3/t19-,20+,29-/m1/s1. The number of amides is 1. The molecule has 0 radical (unpaired) electrons. The van der Waals surface area contributed by atoms with Crippen LogP contribution in [0.15, 0.2) is 65.6 Å². The summed E-state index contributed by atoms with van der Waals surface area (Å²) in [6.07, 6.45) is -0.328. The number of aliphatic hydroxyl groups excluding tert-OH is 1. The van der Waals surface area contributed by atoms with Crippen molar-refractivity contribution in [3.8, 4) is 17.2 Å². The van der Waals surface area contributed by atoms with Gasteiger partial charge in [0.1, 0.15) is 17.7 Å². The monoisotopic (exact) mass is 599 g/mol. The smallest absolute Gasteiger partial charge is 0.261 e. The highest BCUT2D eigenvalue weighted by Crippen LogP contribution is 2.34. The van der Waals surface area contributed by atoms with Crippen LogP contribution in [0.4, 0.5) is 10.1 Å². The number of carbonyl (C=O) groups excluding carboxylic acids is 1. The summed E-state index contributed by atoms with van der Waals surface area (Å²) in [6, 6.07) is 14.3. The number of ether oxygens (including phenoxy) is 3. The Morgan fingerprint density at radius 1 is 1.07 bits per heavy atom. The Morgan fingerprint density at radius 3 is 2.52 bits per heavy atom. The molecule has 1 amide bonds. The Kier molecular flexibility index (Phi) is 8.58. The number of hydrogen-bond acceptors (Lipinski definition) is 8. The van der Waals surface area contributed by atoms with E-state index < -0.39 is 21.9 Å². The Balaban J connectivity index is 1.40. The summed E-state index contributed by atoms with van der Waals surface area (Å²) in [5.74, 6) is 0.718. The molecule has 0 saturated carbocycles. The van der Waals surface area contributed by atoms with Crippen LogP contribution in [-0.4, -0.2) is 74.9 Å². The molecule has 42 heavy (non-hydrogen) atoms. The van der Waals surface area contributed by atoms with Gasteiger partial charge < -0.3 is 24.2 Å². The second-order valence-electron chi connectivity index (χ2n) is 10.8. The minimum Gasteiger partial charge on any atom is -0.488 e. The van der Waals surface area contributed by atoms with Gasteiger partial charge in [0.2, 0.25) is 6.79 Å². The fourth-order valence-electron chi connectivity index (χ4n) is 5.05. The Labute approximate surface area is 244 Å². The highest BCUT2D eigenvalue weighted by atomic mass is 32.2. The fraction of sp³-hybridized carbons (Fsp3) is 0.367. The van der Waals surface area contributed by atoms with E-state index in [0.717, 1.165) is 35.6 Å². The van der Waals surface area contributed by atoms with Crippen LogP contribution in [0, 0.1) is 11.7 Å². The van der Waals surface area contributed by atoms with Gasteiger partial charge in [0.05, 0.1) is 23.1 Å². The molecule has 5 rings (SSSR count). The molecule has 2 heterocycles. The fourth-order valence-corrected chi connectivity index (χ4v) is 6.10. The molecule has 224 valence electrons. The molecule has 2 N–H and O–H groups in total. The Morgan fingerprint density at radius 2 is 1.79 bits per heavy atom. The summed E-state index contributed by atoms with van der Waals surface area (Å²) >= 11 is 0. The number of fused-ring (bicyclic) bond motifs is 2. The molecule has 0 aromatic heterocycles. The van der Waals surface area contributed by atoms with Crippen molar-refractivity contribution < 1.29 is 36.9 Å². The van der Waals surface area contributed by atoms with Gasteiger partial charge >= 0.3 is 0 Å². The summed E-state index contributed by atoms with van der Waals surface area (Å²) in [5.41, 5.74) is 1.37. The third kappa shape index (κ3) is 6.45. The number of nitrogens with zero attached hydrogens (tertiary/aromatic N) is 2. The average Bonchev–Trinajstić information content (AvgIpc) is 3.43. The zero-order chi connectivity index (χ0) is 30.0. The number of hydrogen-bond donors (Lipinski definition) is 2. The molecule has 10 nitrogen and oxygen atoms in total. The zero-order valence-corrected chi connectivity index (χ0v) is 24.4. The summed E-state index contributed by atoms with van der Waals surface area (Å²) in [5, 5.41) is 9.93. The van der Waals surface area contributed by atoms with E-state index in [-0.39, 0.29) is 47.5 Å². The van der Waals surface area contributed by atoms with E-state index in [4.69, 9.17) is 14.2 Å². The van der Waals surface area contributed by atoms with Gasteiger partial charge in [-0.3, -0.25) is 14.4 Å². The lowest BCUT2D eigenvalue weighted by Gasteiger charge is -2.38. The normalized spacial score (nSPS) is 19.1. The van der Waals surface area contributed by atoms with Crippen LogP contribution in [0.1, 0.15) is 29.8 Å². The highest BCUT2D eigenvalue weighted by molar-refractivity contribution is 7.92. The zero-order valence-electron chi connectivity index (χ0n) is 23.6. The summed E-state index contributed by atoms with van der Waals surface area (Å²) in [6.45, 7) is 5.21. The van der Waals surface area contributed by atoms with Gasteiger partial charge in [0, 0.05) is 31.2 Å². The first-order valence-electron chi connectivity index (χ1n) is 13.6. The van der Waals surface area contributed by atoms with Crippen molar-refractivity contribution in [3.63, 3.8) is 0 Å². The minimum absolute atomic E-state index is 0.0908. The van der Waals surface area contributed by atoms with E-state index in [1.807, 2.05) is 32.2 Å². The molecule has 3 atom stereocenters. The lowest BCUT2D eigenvalue weighted by Crippen LogP contribution is -2.49. The maximum atomic E-state index is 13.7. The number of anilines is 1. The van der Waals surface area contributed by atoms with E-state index in [1.54, 1.807) is 17.9 Å². The maximum Gasteiger partial charge on any atom is 0.261 e. The van der Waals surface area contributed by atoms with Gasteiger partial charge in [-0.25, -0.2) is 12.8 Å². The summed E-state index contributed by atoms with van der Waals surface area (Å²) in [7, 11) is -2.06. The van der Waals surface area contributed by atoms with E-state index in [2.05, 4.69) is 9.62 Å². The quantitative estimate of drug-likeness (QED) is 0.383. The number of carbonyl (C=O) groups is 1. The summed E-state index contributed by atoms with van der Waals surface area (Å²) < 4.78 is 59.0. The molecule has 2 aliphatic rings. The molecule has 2 aliphatic heterocycles. The number of nitrogens with one attached hydrogen (secondary N) is 1. The number of sulfonamides is 1. The van der Waals surface area contributed by atoms with E-state index in [9.17, 15) is 22.7 Å². The van der Waals surface area contributed by atoms with Crippen LogP contribution in [-0.2, 0) is 16.6 Å². The maximum absolute atomic E-state index is 13.7. The third-order valence-corrected chi connectivity index (χ3v) is 8.82. The first-order chi connectivity index (χ1) is 20.0. The van der Waals surface area contributed by atoms with Crippen LogP contribution in [0.3, 0.4) is 0 Å². The molecule has 0 saturated heterocycles. The largest absolute Gasteiger partial charge is 0.488 e. The topological polar surface area (TPSA) is 118 Å². The van der Waals surface area contributed by atoms with E-state index in [1.165, 1.54) is 12.1 Å². The van der Waals surface area contributed by atoms with Crippen molar-refractivity contribution >= 4 is 21.6 Å². The molecule has 0 spiro atoms. The van der Waals surface area contributed by atoms with Crippen LogP contribution >= 0.6 is 0 Å². The van der Waals surface area contributed by atoms with E-state index >= 15 is 0 Å². The van der Waals surface area contributed by atoms with Gasteiger partial charge in [-0.2, -0.15) is 0 Å². The first-order valence-corrected chi connectivity index (χ1v) is 15.1. The molecule has 0 fully saturated rings. The molecule has 3 aromatic rings. The van der Waals surface area contributed by atoms with Crippen molar-refractivity contribution in [1.82, 2.24) is 9.80 Å². The average molecular weight is 600 g/mol. The molecule has 3 aromatic carbocycles. The van der Waals surface area contributed by atoms with Gasteiger partial charge in [-0.15, -0.1) is 0 Å². The van der Waals surface area contributed by atoms with Crippen LogP contribution < -0.4 is 18.9 Å². The molecule has 12 heteroatoms. The minimum atomic E-state index is -4.04. The van der Waals surface area contributed by atoms with Gasteiger partial charge in [-0.1, -0.05) is 13.0 Å². The van der Waals surface area contributed by atoms with Crippen molar-refractivity contribution in [2.75, 3.05) is 38.3 Å². The second-order valence-corrected chi connectivity index (χ2v) is 12.5. The molecule has 0 unspecified atom stereocenters. The lowest BCUT2D eigenvalue weighted by molar-refractivity contribution is 0.0341. The van der Waals surface area contributed by atoms with Crippen molar-refractivity contribution in [1.29, 1.82) is 0 Å². The highest BCUT2D eigenvalue weighted by Gasteiger charge is 2.34. The second kappa shape index (κ2) is 12.2. The molecule has 0 aliphatic carbocycles. The first kappa shape index (κ1) is 29.6. The predicted octanol–water partition coefficient (Wildman–Crippen LogP) is 3.71. The van der Waals surface area contributed by atoms with Gasteiger partial charge in [0.15, 0.2) is 11.5 Å². The molecular weight excluding hydrogens is 565 g/mol. The SMILES string of the molecule is C[C@@H]1CN([C@@H](C)CO)C(=O)c2cc(NS(=O)(=O)c3ccc(F)cc3)ccc2O[C@@H]1CN(C)Cc1ccc2c(c1)OCO2. The number of rotatable bonds is 9. The van der Waals surface area contributed by atoms with E-state index in [0.29, 0.717) is 31.1 Å². The van der Waals surface area contributed by atoms with Crippen LogP contribution in [0.25, 0.3) is 0 Å². The summed E-state index contributed by atoms with van der Waals surface area (Å²) in [4.78, 5) is 17.3. The number of aliphatic hydroxyl groups is 1. The van der Waals surface area contributed by atoms with Crippen molar-refractivity contribution in [3.05, 3.63) is 77.6 Å².